The molecule has 4 aromatic carbocycles. The Morgan fingerprint density at radius 1 is 0.861 bits per heavy atom. The van der Waals surface area contributed by atoms with E-state index in [2.05, 4.69) is 78.1 Å². The second-order valence-electron chi connectivity index (χ2n) is 9.35. The maximum atomic E-state index is 6.45. The van der Waals surface area contributed by atoms with Crippen LogP contribution in [0.15, 0.2) is 83.2 Å². The molecule has 3 heterocycles. The van der Waals surface area contributed by atoms with Gasteiger partial charge in [0.15, 0.2) is 15.8 Å². The van der Waals surface area contributed by atoms with Crippen LogP contribution in [0.3, 0.4) is 0 Å². The number of rotatable bonds is 8. The van der Waals surface area contributed by atoms with Crippen LogP contribution in [0.1, 0.15) is 41.6 Å². The fourth-order valence-electron chi connectivity index (χ4n) is 5.42. The zero-order chi connectivity index (χ0) is 23.9. The van der Waals surface area contributed by atoms with E-state index < -0.39 is 0 Å². The van der Waals surface area contributed by atoms with Crippen LogP contribution in [0.25, 0.3) is 21.0 Å². The van der Waals surface area contributed by atoms with Gasteiger partial charge in [0, 0.05) is 17.8 Å². The molecule has 1 N–H and O–H groups in total. The lowest BCUT2D eigenvalue weighted by Gasteiger charge is -2.19. The number of aromatic nitrogens is 1. The van der Waals surface area contributed by atoms with Crippen LogP contribution in [-0.2, 0) is 6.61 Å². The number of benzene rings is 4. The molecule has 5 aromatic rings. The van der Waals surface area contributed by atoms with Crippen molar-refractivity contribution in [1.82, 2.24) is 10.3 Å². The third-order valence-corrected chi connectivity index (χ3v) is 9.29. The average Bonchev–Trinajstić information content (AvgIpc) is 3.64. The Balaban J connectivity index is 1.09. The number of ether oxygens (including phenoxy) is 2. The van der Waals surface area contributed by atoms with Crippen LogP contribution in [0.2, 0.25) is 0 Å². The highest BCUT2D eigenvalue weighted by Gasteiger charge is 2.37. The minimum atomic E-state index is 0.438. The summed E-state index contributed by atoms with van der Waals surface area (Å²) in [5.41, 5.74) is 5.00. The molecule has 0 spiro atoms. The number of para-hydroxylation sites is 1. The minimum Gasteiger partial charge on any atom is -0.489 e. The quantitative estimate of drug-likeness (QED) is 0.171. The fraction of sp³-hybridized carbons (Fsp3) is 0.233. The maximum absolute atomic E-state index is 6.45. The van der Waals surface area contributed by atoms with Crippen LogP contribution in [0.5, 0.6) is 11.5 Å². The summed E-state index contributed by atoms with van der Waals surface area (Å²) >= 11 is 3.49. The SMILES string of the molecule is c1ccc2c(COc3cc4c(cc3OCCSc3nc5ccccc5s3)[C@@H]3CC[C@H]4N3)cccc2c1. The lowest BCUT2D eigenvalue weighted by Crippen LogP contribution is -2.06. The predicted octanol–water partition coefficient (Wildman–Crippen LogP) is 7.68. The standard InChI is InChI=1S/C30H26N2O2S2/c1-2-9-21-19(6-1)7-5-8-20(21)18-34-28-17-23-22(24-12-13-25(23)31-24)16-27(28)33-14-15-35-30-32-26-10-3-4-11-29(26)36-30/h1-11,16-17,24-25,31H,12-15,18H2/t24-,25+/m0/s1. The largest absolute Gasteiger partial charge is 0.489 e. The van der Waals surface area contributed by atoms with E-state index in [0.29, 0.717) is 25.3 Å². The Bertz CT molecular complexity index is 1530. The lowest BCUT2D eigenvalue weighted by atomic mass is 9.91. The molecule has 2 atom stereocenters. The lowest BCUT2D eigenvalue weighted by molar-refractivity contribution is 0.270. The summed E-state index contributed by atoms with van der Waals surface area (Å²) in [5, 5.41) is 6.19. The third-order valence-electron chi connectivity index (χ3n) is 7.15. The Kier molecular flexibility index (Phi) is 5.81. The van der Waals surface area contributed by atoms with Crippen molar-refractivity contribution in [2.24, 2.45) is 0 Å². The highest BCUT2D eigenvalue weighted by atomic mass is 32.2. The number of nitrogens with one attached hydrogen (secondary N) is 1. The van der Waals surface area contributed by atoms with Gasteiger partial charge in [0.05, 0.1) is 16.8 Å². The van der Waals surface area contributed by atoms with Crippen LogP contribution in [0, 0.1) is 0 Å². The molecular weight excluding hydrogens is 484 g/mol. The Morgan fingerprint density at radius 3 is 2.47 bits per heavy atom. The average molecular weight is 511 g/mol. The predicted molar refractivity (Wildman–Crippen MR) is 148 cm³/mol. The molecule has 2 bridgehead atoms. The summed E-state index contributed by atoms with van der Waals surface area (Å²) < 4.78 is 15.1. The first-order valence-electron chi connectivity index (χ1n) is 12.5. The topological polar surface area (TPSA) is 43.4 Å². The Hall–Kier alpha value is -3.06. The maximum Gasteiger partial charge on any atom is 0.162 e. The van der Waals surface area contributed by atoms with Crippen molar-refractivity contribution in [2.75, 3.05) is 12.4 Å². The van der Waals surface area contributed by atoms with Crippen molar-refractivity contribution < 1.29 is 9.47 Å². The van der Waals surface area contributed by atoms with Crippen molar-refractivity contribution in [1.29, 1.82) is 0 Å². The van der Waals surface area contributed by atoms with E-state index in [0.717, 1.165) is 27.1 Å². The van der Waals surface area contributed by atoms with Gasteiger partial charge in [-0.05, 0) is 64.6 Å². The summed E-state index contributed by atoms with van der Waals surface area (Å²) in [5.74, 6) is 2.51. The first kappa shape index (κ1) is 22.2. The molecule has 0 aliphatic carbocycles. The zero-order valence-electron chi connectivity index (χ0n) is 19.8. The third kappa shape index (κ3) is 4.13. The second kappa shape index (κ2) is 9.43. The van der Waals surface area contributed by atoms with Crippen molar-refractivity contribution in [3.8, 4) is 11.5 Å². The molecule has 0 radical (unpaired) electrons. The molecule has 1 fully saturated rings. The molecule has 7 rings (SSSR count). The van der Waals surface area contributed by atoms with Gasteiger partial charge >= 0.3 is 0 Å². The van der Waals surface area contributed by atoms with Crippen LogP contribution in [-0.4, -0.2) is 17.3 Å². The van der Waals surface area contributed by atoms with Crippen molar-refractivity contribution in [3.05, 3.63) is 95.6 Å². The fourth-order valence-corrected chi connectivity index (χ4v) is 7.38. The number of thioether (sulfide) groups is 1. The summed E-state index contributed by atoms with van der Waals surface area (Å²) in [4.78, 5) is 4.73. The number of hydrogen-bond acceptors (Lipinski definition) is 6. The van der Waals surface area contributed by atoms with Crippen LogP contribution in [0.4, 0.5) is 0 Å². The molecule has 0 unspecified atom stereocenters. The molecule has 1 aromatic heterocycles. The summed E-state index contributed by atoms with van der Waals surface area (Å²) in [6.45, 7) is 1.12. The van der Waals surface area contributed by atoms with Crippen LogP contribution < -0.4 is 14.8 Å². The Morgan fingerprint density at radius 2 is 1.61 bits per heavy atom. The molecule has 36 heavy (non-hydrogen) atoms. The first-order chi connectivity index (χ1) is 17.8. The summed E-state index contributed by atoms with van der Waals surface area (Å²) in [6, 6.07) is 28.5. The van der Waals surface area contributed by atoms with Gasteiger partial charge in [-0.15, -0.1) is 11.3 Å². The minimum absolute atomic E-state index is 0.438. The van der Waals surface area contributed by atoms with Crippen molar-refractivity contribution >= 4 is 44.1 Å². The molecular formula is C30H26N2O2S2. The molecule has 0 amide bonds. The second-order valence-corrected chi connectivity index (χ2v) is 11.7. The Labute approximate surface area is 218 Å². The molecule has 4 nitrogen and oxygen atoms in total. The molecule has 180 valence electrons. The van der Waals surface area contributed by atoms with E-state index in [1.807, 2.05) is 6.07 Å². The molecule has 2 aliphatic heterocycles. The molecule has 6 heteroatoms. The van der Waals surface area contributed by atoms with Gasteiger partial charge in [-0.2, -0.15) is 0 Å². The number of thiazole rings is 1. The zero-order valence-corrected chi connectivity index (χ0v) is 21.4. The van der Waals surface area contributed by atoms with Crippen LogP contribution >= 0.6 is 23.1 Å². The van der Waals surface area contributed by atoms with E-state index in [-0.39, 0.29) is 0 Å². The molecule has 0 saturated carbocycles. The van der Waals surface area contributed by atoms with Gasteiger partial charge in [-0.1, -0.05) is 66.4 Å². The monoisotopic (exact) mass is 510 g/mol. The van der Waals surface area contributed by atoms with Gasteiger partial charge in [-0.3, -0.25) is 0 Å². The smallest absolute Gasteiger partial charge is 0.162 e. The van der Waals surface area contributed by atoms with Gasteiger partial charge in [-0.25, -0.2) is 4.98 Å². The number of nitrogens with zero attached hydrogens (tertiary/aromatic N) is 1. The first-order valence-corrected chi connectivity index (χ1v) is 14.3. The summed E-state index contributed by atoms with van der Waals surface area (Å²) in [6.07, 6.45) is 2.39. The number of hydrogen-bond donors (Lipinski definition) is 1. The number of fused-ring (bicyclic) bond motifs is 7. The summed E-state index contributed by atoms with van der Waals surface area (Å²) in [7, 11) is 0. The van der Waals surface area contributed by atoms with Crippen molar-refractivity contribution in [3.63, 3.8) is 0 Å². The highest BCUT2D eigenvalue weighted by Crippen LogP contribution is 2.48. The van der Waals surface area contributed by atoms with E-state index in [1.165, 1.54) is 45.0 Å². The van der Waals surface area contributed by atoms with E-state index in [9.17, 15) is 0 Å². The highest BCUT2D eigenvalue weighted by molar-refractivity contribution is 8.01. The van der Waals surface area contributed by atoms with E-state index in [1.54, 1.807) is 23.1 Å². The van der Waals surface area contributed by atoms with Gasteiger partial charge in [0.1, 0.15) is 6.61 Å². The normalized spacial score (nSPS) is 18.1. The molecule has 2 aliphatic rings. The van der Waals surface area contributed by atoms with Gasteiger partial charge in [0.25, 0.3) is 0 Å². The van der Waals surface area contributed by atoms with Gasteiger partial charge < -0.3 is 14.8 Å². The van der Waals surface area contributed by atoms with Gasteiger partial charge in [0.2, 0.25) is 0 Å². The van der Waals surface area contributed by atoms with E-state index >= 15 is 0 Å². The van der Waals surface area contributed by atoms with Crippen molar-refractivity contribution in [2.45, 2.75) is 35.9 Å². The van der Waals surface area contributed by atoms with E-state index in [4.69, 9.17) is 14.5 Å². The molecule has 1 saturated heterocycles.